The fourth-order valence-electron chi connectivity index (χ4n) is 5.21. The van der Waals surface area contributed by atoms with Crippen LogP contribution in [-0.2, 0) is 11.2 Å². The highest BCUT2D eigenvalue weighted by Crippen LogP contribution is 2.38. The number of carboxylic acids is 1. The molecule has 2 aliphatic rings. The molecule has 2 fully saturated rings. The summed E-state index contributed by atoms with van der Waals surface area (Å²) >= 11 is 0. The Hall–Kier alpha value is -2.12. The molecule has 30 heavy (non-hydrogen) atoms. The van der Waals surface area contributed by atoms with Gasteiger partial charge >= 0.3 is 5.97 Å². The molecule has 0 radical (unpaired) electrons. The summed E-state index contributed by atoms with van der Waals surface area (Å²) in [4.78, 5) is 16.9. The lowest BCUT2D eigenvalue weighted by Gasteiger charge is -2.47. The summed E-state index contributed by atoms with van der Waals surface area (Å²) in [5.74, 6) is -0.911. The van der Waals surface area contributed by atoms with Crippen molar-refractivity contribution in [1.82, 2.24) is 4.90 Å². The van der Waals surface area contributed by atoms with Gasteiger partial charge in [0.05, 0.1) is 17.4 Å². The minimum Gasteiger partial charge on any atom is -0.478 e. The van der Waals surface area contributed by atoms with E-state index in [0.29, 0.717) is 35.9 Å². The smallest absolute Gasteiger partial charge is 0.336 e. The van der Waals surface area contributed by atoms with E-state index in [1.807, 2.05) is 6.92 Å². The molecule has 0 atom stereocenters. The highest BCUT2D eigenvalue weighted by molar-refractivity contribution is 6.01. The number of carbonyl (C=O) groups is 1. The molecule has 0 unspecified atom stereocenters. The first-order valence-corrected chi connectivity index (χ1v) is 11.1. The lowest BCUT2D eigenvalue weighted by Crippen LogP contribution is -2.57. The van der Waals surface area contributed by atoms with E-state index < -0.39 is 5.97 Å². The van der Waals surface area contributed by atoms with Gasteiger partial charge < -0.3 is 25.5 Å². The van der Waals surface area contributed by atoms with Crippen molar-refractivity contribution in [1.29, 1.82) is 5.41 Å². The van der Waals surface area contributed by atoms with Gasteiger partial charge in [-0.15, -0.1) is 0 Å². The summed E-state index contributed by atoms with van der Waals surface area (Å²) in [5.41, 5.74) is 3.57. The zero-order chi connectivity index (χ0) is 21.8. The molecule has 3 N–H and O–H groups in total. The minimum atomic E-state index is -0.911. The Bertz CT molecular complexity index is 768. The van der Waals surface area contributed by atoms with Crippen molar-refractivity contribution >= 4 is 23.6 Å². The van der Waals surface area contributed by atoms with E-state index in [0.717, 1.165) is 62.1 Å². The molecule has 1 heterocycles. The van der Waals surface area contributed by atoms with Gasteiger partial charge in [0.2, 0.25) is 0 Å². The number of nitrogens with zero attached hydrogens (tertiary/aromatic N) is 2. The first-order valence-electron chi connectivity index (χ1n) is 11.1. The molecule has 7 nitrogen and oxygen atoms in total. The van der Waals surface area contributed by atoms with E-state index in [1.165, 1.54) is 6.21 Å². The highest BCUT2D eigenvalue weighted by atomic mass is 16.5. The second kappa shape index (κ2) is 9.79. The van der Waals surface area contributed by atoms with Gasteiger partial charge in [0.1, 0.15) is 0 Å². The number of rotatable bonds is 9. The van der Waals surface area contributed by atoms with Gasteiger partial charge in [-0.2, -0.15) is 0 Å². The molecule has 1 aliphatic heterocycles. The van der Waals surface area contributed by atoms with Crippen LogP contribution in [0.3, 0.4) is 0 Å². The van der Waals surface area contributed by atoms with E-state index in [9.17, 15) is 9.90 Å². The number of aromatic carboxylic acids is 1. The first-order chi connectivity index (χ1) is 14.5. The first kappa shape index (κ1) is 22.6. The molecule has 1 saturated heterocycles. The molecular formula is C23H36N4O3. The highest BCUT2D eigenvalue weighted by Gasteiger charge is 2.36. The van der Waals surface area contributed by atoms with Crippen LogP contribution in [0.5, 0.6) is 0 Å². The van der Waals surface area contributed by atoms with Gasteiger partial charge in [0.25, 0.3) is 0 Å². The number of anilines is 2. The SMILES string of the molecule is CCc1c(C(=O)O)cc(NC)c(C=N)c1N(CC)C1CCC(N2CC(OC)C2)CC1. The molecule has 0 bridgehead atoms. The Morgan fingerprint density at radius 3 is 2.47 bits per heavy atom. The summed E-state index contributed by atoms with van der Waals surface area (Å²) < 4.78 is 5.42. The van der Waals surface area contributed by atoms with E-state index in [1.54, 1.807) is 20.2 Å². The normalized spacial score (nSPS) is 22.4. The third-order valence-corrected chi connectivity index (χ3v) is 6.90. The third-order valence-electron chi connectivity index (χ3n) is 6.90. The van der Waals surface area contributed by atoms with Gasteiger partial charge in [-0.3, -0.25) is 4.90 Å². The second-order valence-electron chi connectivity index (χ2n) is 8.33. The number of carboxylic acid groups (broad SMARTS) is 1. The number of methoxy groups -OCH3 is 1. The maximum Gasteiger partial charge on any atom is 0.336 e. The number of benzene rings is 1. The molecule has 0 aromatic heterocycles. The molecular weight excluding hydrogens is 380 g/mol. The summed E-state index contributed by atoms with van der Waals surface area (Å²) in [5, 5.41) is 21.0. The van der Waals surface area contributed by atoms with Crippen LogP contribution in [0.2, 0.25) is 0 Å². The van der Waals surface area contributed by atoms with Crippen molar-refractivity contribution in [3.8, 4) is 0 Å². The summed E-state index contributed by atoms with van der Waals surface area (Å²) in [6.45, 7) is 7.00. The number of hydrogen-bond acceptors (Lipinski definition) is 6. The monoisotopic (exact) mass is 416 g/mol. The molecule has 0 spiro atoms. The predicted octanol–water partition coefficient (Wildman–Crippen LogP) is 3.45. The average Bonchev–Trinajstić information content (AvgIpc) is 2.73. The molecule has 166 valence electrons. The Kier molecular flexibility index (Phi) is 7.36. The molecule has 1 aliphatic carbocycles. The van der Waals surface area contributed by atoms with Gasteiger partial charge in [0, 0.05) is 63.3 Å². The summed E-state index contributed by atoms with van der Waals surface area (Å²) in [6, 6.07) is 2.66. The van der Waals surface area contributed by atoms with Gasteiger partial charge in [0.15, 0.2) is 0 Å². The van der Waals surface area contributed by atoms with Crippen LogP contribution in [-0.4, -0.2) is 74.2 Å². The Labute approximate surface area is 179 Å². The number of likely N-dealkylation sites (tertiary alicyclic amines) is 1. The van der Waals surface area contributed by atoms with Crippen LogP contribution >= 0.6 is 0 Å². The van der Waals surface area contributed by atoms with Gasteiger partial charge in [-0.25, -0.2) is 4.79 Å². The topological polar surface area (TPSA) is 88.9 Å². The van der Waals surface area contributed by atoms with Crippen molar-refractivity contribution in [2.45, 2.75) is 64.1 Å². The molecule has 0 amide bonds. The number of nitrogens with one attached hydrogen (secondary N) is 2. The quantitative estimate of drug-likeness (QED) is 0.534. The van der Waals surface area contributed by atoms with Crippen LogP contribution in [0.25, 0.3) is 0 Å². The average molecular weight is 417 g/mol. The van der Waals surface area contributed by atoms with Crippen LogP contribution in [0.1, 0.15) is 61.0 Å². The van der Waals surface area contributed by atoms with Gasteiger partial charge in [-0.05, 0) is 50.7 Å². The summed E-state index contributed by atoms with van der Waals surface area (Å²) in [7, 11) is 3.57. The Morgan fingerprint density at radius 2 is 2.00 bits per heavy atom. The lowest BCUT2D eigenvalue weighted by molar-refractivity contribution is -0.0578. The standard InChI is InChI=1S/C23H36N4O3/c1-5-18-19(23(28)29)11-21(25-3)20(12-24)22(18)27(6-2)16-9-7-15(8-10-16)26-13-17(14-26)30-4/h11-12,15-17,24-25H,5-10,13-14H2,1-4H3,(H,28,29). The molecule has 7 heteroatoms. The largest absolute Gasteiger partial charge is 0.478 e. The van der Waals surface area contributed by atoms with E-state index in [4.69, 9.17) is 10.1 Å². The maximum atomic E-state index is 12.0. The van der Waals surface area contributed by atoms with E-state index in [-0.39, 0.29) is 0 Å². The van der Waals surface area contributed by atoms with Crippen molar-refractivity contribution in [3.05, 3.63) is 22.8 Å². The van der Waals surface area contributed by atoms with Crippen LogP contribution in [0.15, 0.2) is 6.07 Å². The fourth-order valence-corrected chi connectivity index (χ4v) is 5.21. The minimum absolute atomic E-state index is 0.334. The van der Waals surface area contributed by atoms with Crippen molar-refractivity contribution < 1.29 is 14.6 Å². The maximum absolute atomic E-state index is 12.0. The zero-order valence-corrected chi connectivity index (χ0v) is 18.7. The fraction of sp³-hybridized carbons (Fsp3) is 0.652. The molecule has 1 aromatic carbocycles. The van der Waals surface area contributed by atoms with E-state index >= 15 is 0 Å². The summed E-state index contributed by atoms with van der Waals surface area (Å²) in [6.07, 6.45) is 6.84. The predicted molar refractivity (Wildman–Crippen MR) is 122 cm³/mol. The van der Waals surface area contributed by atoms with E-state index in [2.05, 4.69) is 22.0 Å². The van der Waals surface area contributed by atoms with Crippen molar-refractivity contribution in [2.24, 2.45) is 0 Å². The number of ether oxygens (including phenoxy) is 1. The number of hydrogen-bond donors (Lipinski definition) is 3. The molecule has 1 saturated carbocycles. The van der Waals surface area contributed by atoms with Gasteiger partial charge in [-0.1, -0.05) is 6.92 Å². The molecule has 1 aromatic rings. The zero-order valence-electron chi connectivity index (χ0n) is 18.7. The lowest BCUT2D eigenvalue weighted by atomic mass is 9.86. The molecule has 3 rings (SSSR count). The van der Waals surface area contributed by atoms with Crippen LogP contribution in [0, 0.1) is 5.41 Å². The van der Waals surface area contributed by atoms with Crippen LogP contribution in [0.4, 0.5) is 11.4 Å². The van der Waals surface area contributed by atoms with Crippen LogP contribution < -0.4 is 10.2 Å². The van der Waals surface area contributed by atoms with Crippen molar-refractivity contribution in [3.63, 3.8) is 0 Å². The Balaban J connectivity index is 1.88. The second-order valence-corrected chi connectivity index (χ2v) is 8.33. The Morgan fingerprint density at radius 1 is 1.33 bits per heavy atom. The third kappa shape index (κ3) is 4.18. The van der Waals surface area contributed by atoms with Crippen molar-refractivity contribution in [2.75, 3.05) is 44.0 Å².